The standard InChI is InChI=1S/C27H35ClN4O4S2/c1-3-19-15-21(31-37(33,34)22-10-11-22)16-25(19)29-13-4-5-20-17-30-27-24(26(20)28)12-14-32(27)38(35,36)23-8-6-18(2)7-9-23/h6-9,12,14,17,19,21-22,25,29,31H,3-5,10-11,13,15-16H2,1-2H3/t19-,21+,25+/m1/s1. The molecule has 0 unspecified atom stereocenters. The SMILES string of the molecule is CC[C@@H]1C[C@H](NS(=O)(=O)C2CC2)C[C@@H]1NCCCc1cnc2c(ccn2S(=O)(=O)c2ccc(C)cc2)c1Cl. The molecule has 38 heavy (non-hydrogen) atoms. The number of sulfonamides is 1. The fourth-order valence-corrected chi connectivity index (χ4v) is 8.66. The maximum absolute atomic E-state index is 13.2. The van der Waals surface area contributed by atoms with Gasteiger partial charge >= 0.3 is 0 Å². The molecule has 1 aromatic carbocycles. The van der Waals surface area contributed by atoms with Gasteiger partial charge in [-0.15, -0.1) is 0 Å². The minimum absolute atomic E-state index is 0.00401. The molecule has 8 nitrogen and oxygen atoms in total. The van der Waals surface area contributed by atoms with Crippen molar-refractivity contribution in [3.05, 3.63) is 58.9 Å². The molecule has 5 rings (SSSR count). The molecule has 0 bridgehead atoms. The first kappa shape index (κ1) is 27.6. The Hall–Kier alpha value is -1.98. The minimum Gasteiger partial charge on any atom is -0.314 e. The fraction of sp³-hybridized carbons (Fsp3) is 0.519. The zero-order chi connectivity index (χ0) is 27.1. The van der Waals surface area contributed by atoms with Crippen LogP contribution >= 0.6 is 11.6 Å². The summed E-state index contributed by atoms with van der Waals surface area (Å²) in [5.41, 5.74) is 2.17. The highest BCUT2D eigenvalue weighted by atomic mass is 35.5. The summed E-state index contributed by atoms with van der Waals surface area (Å²) < 4.78 is 55.2. The van der Waals surface area contributed by atoms with Crippen molar-refractivity contribution in [3.8, 4) is 0 Å². The van der Waals surface area contributed by atoms with Gasteiger partial charge in [0.05, 0.1) is 15.2 Å². The molecule has 2 aromatic heterocycles. The third-order valence-electron chi connectivity index (χ3n) is 7.81. The van der Waals surface area contributed by atoms with Gasteiger partial charge in [-0.2, -0.15) is 0 Å². The van der Waals surface area contributed by atoms with Crippen LogP contribution in [-0.2, 0) is 26.5 Å². The van der Waals surface area contributed by atoms with Crippen LogP contribution in [0.1, 0.15) is 56.6 Å². The summed E-state index contributed by atoms with van der Waals surface area (Å²) >= 11 is 6.70. The average molecular weight is 579 g/mol. The number of aromatic nitrogens is 2. The molecular weight excluding hydrogens is 544 g/mol. The second-order valence-electron chi connectivity index (χ2n) is 10.6. The highest BCUT2D eigenvalue weighted by Crippen LogP contribution is 2.33. The van der Waals surface area contributed by atoms with E-state index in [1.807, 2.05) is 6.92 Å². The summed E-state index contributed by atoms with van der Waals surface area (Å²) in [6.07, 6.45) is 8.94. The number of pyridine rings is 1. The van der Waals surface area contributed by atoms with Crippen LogP contribution in [0.15, 0.2) is 47.6 Å². The molecule has 2 fully saturated rings. The Morgan fingerprint density at radius 1 is 1.08 bits per heavy atom. The molecule has 2 heterocycles. The summed E-state index contributed by atoms with van der Waals surface area (Å²) in [6, 6.07) is 8.71. The first-order valence-electron chi connectivity index (χ1n) is 13.3. The van der Waals surface area contributed by atoms with E-state index in [9.17, 15) is 16.8 Å². The molecular formula is C27H35ClN4O4S2. The normalized spacial score (nSPS) is 22.3. The molecule has 2 N–H and O–H groups in total. The van der Waals surface area contributed by atoms with Crippen LogP contribution in [0.2, 0.25) is 5.02 Å². The van der Waals surface area contributed by atoms with Crippen LogP contribution in [0.25, 0.3) is 11.0 Å². The van der Waals surface area contributed by atoms with Gasteiger partial charge in [-0.1, -0.05) is 42.6 Å². The molecule has 0 saturated heterocycles. The van der Waals surface area contributed by atoms with Crippen LogP contribution in [0.4, 0.5) is 0 Å². The Morgan fingerprint density at radius 3 is 2.50 bits per heavy atom. The lowest BCUT2D eigenvalue weighted by Gasteiger charge is -2.19. The van der Waals surface area contributed by atoms with Gasteiger partial charge in [0.25, 0.3) is 10.0 Å². The van der Waals surface area contributed by atoms with Crippen molar-refractivity contribution in [3.63, 3.8) is 0 Å². The lowest BCUT2D eigenvalue weighted by atomic mass is 10.0. The monoisotopic (exact) mass is 578 g/mol. The Morgan fingerprint density at radius 2 is 1.82 bits per heavy atom. The van der Waals surface area contributed by atoms with Gasteiger partial charge in [-0.3, -0.25) is 0 Å². The van der Waals surface area contributed by atoms with Crippen molar-refractivity contribution >= 4 is 42.7 Å². The molecule has 3 atom stereocenters. The van der Waals surface area contributed by atoms with E-state index in [1.165, 1.54) is 10.2 Å². The molecule has 0 radical (unpaired) electrons. The van der Waals surface area contributed by atoms with Crippen molar-refractivity contribution in [2.45, 2.75) is 81.0 Å². The molecule has 206 valence electrons. The lowest BCUT2D eigenvalue weighted by molar-refractivity contribution is 0.389. The summed E-state index contributed by atoms with van der Waals surface area (Å²) in [6.45, 7) is 4.84. The number of nitrogens with one attached hydrogen (secondary N) is 2. The van der Waals surface area contributed by atoms with Gasteiger partial charge in [0.1, 0.15) is 0 Å². The van der Waals surface area contributed by atoms with Crippen LogP contribution in [0.5, 0.6) is 0 Å². The van der Waals surface area contributed by atoms with Crippen LogP contribution in [-0.4, -0.2) is 49.7 Å². The lowest BCUT2D eigenvalue weighted by Crippen LogP contribution is -2.37. The fourth-order valence-electron chi connectivity index (χ4n) is 5.46. The predicted molar refractivity (Wildman–Crippen MR) is 150 cm³/mol. The van der Waals surface area contributed by atoms with E-state index < -0.39 is 20.0 Å². The van der Waals surface area contributed by atoms with Crippen LogP contribution in [0, 0.1) is 12.8 Å². The summed E-state index contributed by atoms with van der Waals surface area (Å²) in [4.78, 5) is 4.67. The zero-order valence-corrected chi connectivity index (χ0v) is 24.1. The van der Waals surface area contributed by atoms with E-state index in [0.29, 0.717) is 28.4 Å². The third kappa shape index (κ3) is 5.65. The predicted octanol–water partition coefficient (Wildman–Crippen LogP) is 4.40. The van der Waals surface area contributed by atoms with Gasteiger partial charge in [0.15, 0.2) is 5.65 Å². The zero-order valence-electron chi connectivity index (χ0n) is 21.7. The van der Waals surface area contributed by atoms with E-state index >= 15 is 0 Å². The van der Waals surface area contributed by atoms with Gasteiger partial charge in [0, 0.05) is 29.9 Å². The first-order chi connectivity index (χ1) is 18.1. The topological polar surface area (TPSA) is 110 Å². The van der Waals surface area contributed by atoms with Crippen molar-refractivity contribution < 1.29 is 16.8 Å². The number of aryl methyl sites for hydroxylation is 2. The maximum Gasteiger partial charge on any atom is 0.269 e. The highest BCUT2D eigenvalue weighted by Gasteiger charge is 2.40. The van der Waals surface area contributed by atoms with Crippen molar-refractivity contribution in [2.24, 2.45) is 5.92 Å². The van der Waals surface area contributed by atoms with E-state index in [4.69, 9.17) is 11.6 Å². The van der Waals surface area contributed by atoms with Crippen molar-refractivity contribution in [1.82, 2.24) is 19.0 Å². The number of rotatable bonds is 11. The molecule has 2 aliphatic rings. The van der Waals surface area contributed by atoms with E-state index in [-0.39, 0.29) is 22.2 Å². The van der Waals surface area contributed by atoms with Gasteiger partial charge < -0.3 is 5.32 Å². The van der Waals surface area contributed by atoms with Gasteiger partial charge in [0.2, 0.25) is 10.0 Å². The molecule has 0 spiro atoms. The second kappa shape index (κ2) is 10.9. The maximum atomic E-state index is 13.2. The Labute approximate surface area is 230 Å². The number of hydrogen-bond donors (Lipinski definition) is 2. The number of benzene rings is 1. The van der Waals surface area contributed by atoms with E-state index in [0.717, 1.165) is 56.2 Å². The quantitative estimate of drug-likeness (QED) is 0.326. The van der Waals surface area contributed by atoms with Gasteiger partial charge in [-0.25, -0.2) is 30.5 Å². The van der Waals surface area contributed by atoms with Gasteiger partial charge in [-0.05, 0) is 81.7 Å². The van der Waals surface area contributed by atoms with E-state index in [2.05, 4.69) is 21.9 Å². The Kier molecular flexibility index (Phi) is 7.90. The Bertz CT molecular complexity index is 1520. The summed E-state index contributed by atoms with van der Waals surface area (Å²) in [7, 11) is -6.96. The first-order valence-corrected chi connectivity index (χ1v) is 16.7. The highest BCUT2D eigenvalue weighted by molar-refractivity contribution is 7.90. The van der Waals surface area contributed by atoms with Crippen molar-refractivity contribution in [2.75, 3.05) is 6.54 Å². The number of hydrogen-bond acceptors (Lipinski definition) is 6. The van der Waals surface area contributed by atoms with Crippen LogP contribution in [0.3, 0.4) is 0 Å². The number of halogens is 1. The molecule has 2 saturated carbocycles. The molecule has 2 aliphatic carbocycles. The smallest absolute Gasteiger partial charge is 0.269 e. The summed E-state index contributed by atoms with van der Waals surface area (Å²) in [5, 5.41) is 4.58. The second-order valence-corrected chi connectivity index (χ2v) is 14.8. The van der Waals surface area contributed by atoms with Crippen LogP contribution < -0.4 is 10.0 Å². The number of nitrogens with zero attached hydrogens (tertiary/aromatic N) is 2. The van der Waals surface area contributed by atoms with Crippen molar-refractivity contribution in [1.29, 1.82) is 0 Å². The Balaban J connectivity index is 1.20. The average Bonchev–Trinajstić information content (AvgIpc) is 3.55. The third-order valence-corrected chi connectivity index (χ3v) is 11.9. The number of fused-ring (bicyclic) bond motifs is 1. The molecule has 3 aromatic rings. The largest absolute Gasteiger partial charge is 0.314 e. The molecule has 0 aliphatic heterocycles. The minimum atomic E-state index is -3.78. The molecule has 11 heteroatoms. The summed E-state index contributed by atoms with van der Waals surface area (Å²) in [5.74, 6) is 0.443. The molecule has 0 amide bonds. The van der Waals surface area contributed by atoms with E-state index in [1.54, 1.807) is 36.5 Å².